The van der Waals surface area contributed by atoms with Crippen molar-refractivity contribution in [2.45, 2.75) is 32.4 Å². The lowest BCUT2D eigenvalue weighted by Gasteiger charge is -2.19. The molecule has 0 fully saturated rings. The Hall–Kier alpha value is -1.65. The van der Waals surface area contributed by atoms with E-state index in [0.29, 0.717) is 12.6 Å². The van der Waals surface area contributed by atoms with Crippen LogP contribution in [0.4, 0.5) is 0 Å². The number of hydrogen-bond donors (Lipinski definition) is 2. The van der Waals surface area contributed by atoms with Crippen LogP contribution in [-0.4, -0.2) is 35.4 Å². The third-order valence-electron chi connectivity index (χ3n) is 3.11. The fourth-order valence-corrected chi connectivity index (χ4v) is 2.20. The van der Waals surface area contributed by atoms with Crippen molar-refractivity contribution in [1.82, 2.24) is 10.3 Å². The number of benzene rings is 1. The van der Waals surface area contributed by atoms with E-state index in [1.54, 1.807) is 6.20 Å². The van der Waals surface area contributed by atoms with E-state index in [1.165, 1.54) is 0 Å². The molecule has 0 aliphatic carbocycles. The number of fused-ring (bicyclic) bond motifs is 1. The van der Waals surface area contributed by atoms with E-state index in [4.69, 9.17) is 4.74 Å². The van der Waals surface area contributed by atoms with Crippen LogP contribution >= 0.6 is 0 Å². The number of nitrogens with zero attached hydrogens (tertiary/aromatic N) is 1. The molecule has 4 nitrogen and oxygen atoms in total. The predicted octanol–water partition coefficient (Wildman–Crippen LogP) is 2.36. The molecule has 1 aromatic heterocycles. The van der Waals surface area contributed by atoms with Gasteiger partial charge in [-0.2, -0.15) is 0 Å². The van der Waals surface area contributed by atoms with Crippen molar-refractivity contribution in [3.8, 4) is 5.75 Å². The molecule has 1 atom stereocenters. The van der Waals surface area contributed by atoms with E-state index in [1.807, 2.05) is 30.3 Å². The maximum absolute atomic E-state index is 9.31. The Kier molecular flexibility index (Phi) is 5.32. The van der Waals surface area contributed by atoms with Gasteiger partial charge in [0.15, 0.2) is 0 Å². The molecule has 20 heavy (non-hydrogen) atoms. The van der Waals surface area contributed by atoms with Gasteiger partial charge < -0.3 is 15.2 Å². The Morgan fingerprint density at radius 1 is 1.25 bits per heavy atom. The van der Waals surface area contributed by atoms with Crippen molar-refractivity contribution < 1.29 is 9.84 Å². The zero-order valence-electron chi connectivity index (χ0n) is 12.0. The molecular formula is C16H22N2O2. The van der Waals surface area contributed by atoms with E-state index in [0.717, 1.165) is 23.1 Å². The van der Waals surface area contributed by atoms with Crippen LogP contribution in [-0.2, 0) is 0 Å². The van der Waals surface area contributed by atoms with Gasteiger partial charge in [-0.25, -0.2) is 0 Å². The molecule has 4 heteroatoms. The molecule has 0 saturated heterocycles. The van der Waals surface area contributed by atoms with Crippen LogP contribution in [0.25, 0.3) is 10.9 Å². The van der Waals surface area contributed by atoms with Crippen LogP contribution in [0, 0.1) is 0 Å². The molecule has 0 radical (unpaired) electrons. The summed E-state index contributed by atoms with van der Waals surface area (Å²) in [4.78, 5) is 4.36. The number of aromatic nitrogens is 1. The maximum atomic E-state index is 9.31. The Morgan fingerprint density at radius 2 is 2.05 bits per heavy atom. The predicted molar refractivity (Wildman–Crippen MR) is 81.0 cm³/mol. The molecule has 2 aromatic rings. The summed E-state index contributed by atoms with van der Waals surface area (Å²) in [5.74, 6) is 0.796. The van der Waals surface area contributed by atoms with E-state index < -0.39 is 0 Å². The molecule has 0 spiro atoms. The number of nitrogens with one attached hydrogen (secondary N) is 1. The smallest absolute Gasteiger partial charge is 0.145 e. The van der Waals surface area contributed by atoms with Gasteiger partial charge in [-0.05, 0) is 18.6 Å². The molecule has 2 N–H and O–H groups in total. The van der Waals surface area contributed by atoms with Crippen molar-refractivity contribution in [3.05, 3.63) is 36.5 Å². The van der Waals surface area contributed by atoms with Gasteiger partial charge in [0, 0.05) is 23.7 Å². The highest BCUT2D eigenvalue weighted by Crippen LogP contribution is 2.23. The van der Waals surface area contributed by atoms with Gasteiger partial charge in [-0.15, -0.1) is 0 Å². The second kappa shape index (κ2) is 7.22. The zero-order valence-corrected chi connectivity index (χ0v) is 12.0. The van der Waals surface area contributed by atoms with Gasteiger partial charge in [-0.1, -0.05) is 32.0 Å². The Labute approximate surface area is 119 Å². The van der Waals surface area contributed by atoms with Crippen LogP contribution < -0.4 is 10.1 Å². The van der Waals surface area contributed by atoms with Gasteiger partial charge in [0.2, 0.25) is 0 Å². The zero-order chi connectivity index (χ0) is 14.4. The summed E-state index contributed by atoms with van der Waals surface area (Å²) in [6.07, 6.45) is 2.53. The Balaban J connectivity index is 1.96. The normalized spacial score (nSPS) is 12.8. The SMILES string of the molecule is CC(C)NC(CO)CCOc1cccc2cccnc12. The molecule has 1 unspecified atom stereocenters. The fourth-order valence-electron chi connectivity index (χ4n) is 2.20. The lowest BCUT2D eigenvalue weighted by molar-refractivity contribution is 0.203. The van der Waals surface area contributed by atoms with E-state index in [9.17, 15) is 5.11 Å². The summed E-state index contributed by atoms with van der Waals surface area (Å²) in [5.41, 5.74) is 0.882. The first-order valence-corrected chi connectivity index (χ1v) is 7.04. The Bertz CT molecular complexity index is 537. The number of rotatable bonds is 7. The number of ether oxygens (including phenoxy) is 1. The summed E-state index contributed by atoms with van der Waals surface area (Å²) in [6.45, 7) is 4.81. The quantitative estimate of drug-likeness (QED) is 0.814. The van der Waals surface area contributed by atoms with Crippen molar-refractivity contribution in [1.29, 1.82) is 0 Å². The number of pyridine rings is 1. The second-order valence-electron chi connectivity index (χ2n) is 5.17. The largest absolute Gasteiger partial charge is 0.491 e. The van der Waals surface area contributed by atoms with Crippen molar-refractivity contribution in [2.75, 3.05) is 13.2 Å². The van der Waals surface area contributed by atoms with Crippen LogP contribution in [0.1, 0.15) is 20.3 Å². The van der Waals surface area contributed by atoms with E-state index >= 15 is 0 Å². The summed E-state index contributed by atoms with van der Waals surface area (Å²) < 4.78 is 5.82. The third kappa shape index (κ3) is 3.92. The number of para-hydroxylation sites is 1. The first-order valence-electron chi connectivity index (χ1n) is 7.04. The topological polar surface area (TPSA) is 54.4 Å². The van der Waals surface area contributed by atoms with E-state index in [2.05, 4.69) is 24.1 Å². The minimum atomic E-state index is 0.0675. The van der Waals surface area contributed by atoms with Crippen LogP contribution in [0.15, 0.2) is 36.5 Å². The average molecular weight is 274 g/mol. The molecule has 0 aliphatic rings. The minimum absolute atomic E-state index is 0.0675. The first-order chi connectivity index (χ1) is 9.70. The monoisotopic (exact) mass is 274 g/mol. The summed E-state index contributed by atoms with van der Waals surface area (Å²) in [6, 6.07) is 10.3. The number of hydrogen-bond acceptors (Lipinski definition) is 4. The third-order valence-corrected chi connectivity index (χ3v) is 3.11. The fraction of sp³-hybridized carbons (Fsp3) is 0.438. The molecule has 0 aliphatic heterocycles. The molecule has 2 rings (SSSR count). The lowest BCUT2D eigenvalue weighted by Crippen LogP contribution is -2.38. The highest BCUT2D eigenvalue weighted by molar-refractivity contribution is 5.84. The van der Waals surface area contributed by atoms with Crippen molar-refractivity contribution >= 4 is 10.9 Å². The van der Waals surface area contributed by atoms with Crippen molar-refractivity contribution in [2.24, 2.45) is 0 Å². The van der Waals surface area contributed by atoms with Gasteiger partial charge >= 0.3 is 0 Å². The summed E-state index contributed by atoms with van der Waals surface area (Å²) in [7, 11) is 0. The van der Waals surface area contributed by atoms with Gasteiger partial charge in [0.25, 0.3) is 0 Å². The van der Waals surface area contributed by atoms with Gasteiger partial charge in [0.05, 0.1) is 13.2 Å². The summed E-state index contributed by atoms with van der Waals surface area (Å²) >= 11 is 0. The molecule has 1 heterocycles. The van der Waals surface area contributed by atoms with Crippen molar-refractivity contribution in [3.63, 3.8) is 0 Å². The Morgan fingerprint density at radius 3 is 2.80 bits per heavy atom. The van der Waals surface area contributed by atoms with E-state index in [-0.39, 0.29) is 12.6 Å². The molecule has 0 amide bonds. The molecule has 1 aromatic carbocycles. The van der Waals surface area contributed by atoms with Crippen LogP contribution in [0.5, 0.6) is 5.75 Å². The maximum Gasteiger partial charge on any atom is 0.145 e. The number of aliphatic hydroxyl groups is 1. The highest BCUT2D eigenvalue weighted by Gasteiger charge is 2.09. The van der Waals surface area contributed by atoms with Gasteiger partial charge in [0.1, 0.15) is 11.3 Å². The molecular weight excluding hydrogens is 252 g/mol. The van der Waals surface area contributed by atoms with Crippen LogP contribution in [0.2, 0.25) is 0 Å². The second-order valence-corrected chi connectivity index (χ2v) is 5.17. The molecule has 108 valence electrons. The lowest BCUT2D eigenvalue weighted by atomic mass is 10.2. The molecule has 0 bridgehead atoms. The number of aliphatic hydroxyl groups excluding tert-OH is 1. The standard InChI is InChI=1S/C16H22N2O2/c1-12(2)18-14(11-19)8-10-20-15-7-3-5-13-6-4-9-17-16(13)15/h3-7,9,12,14,18-19H,8,10-11H2,1-2H3. The first kappa shape index (κ1) is 14.8. The van der Waals surface area contributed by atoms with Crippen LogP contribution in [0.3, 0.4) is 0 Å². The highest BCUT2D eigenvalue weighted by atomic mass is 16.5. The summed E-state index contributed by atoms with van der Waals surface area (Å²) in [5, 5.41) is 13.7. The average Bonchev–Trinajstić information content (AvgIpc) is 2.46. The molecule has 0 saturated carbocycles. The minimum Gasteiger partial charge on any atom is -0.491 e. The van der Waals surface area contributed by atoms with Gasteiger partial charge in [-0.3, -0.25) is 4.98 Å².